The molecule has 0 unspecified atom stereocenters. The summed E-state index contributed by atoms with van der Waals surface area (Å²) in [6.45, 7) is 12.8. The van der Waals surface area contributed by atoms with Gasteiger partial charge in [-0.2, -0.15) is 0 Å². The van der Waals surface area contributed by atoms with Crippen molar-refractivity contribution in [3.8, 4) is 0 Å². The van der Waals surface area contributed by atoms with Crippen molar-refractivity contribution < 1.29 is 23.9 Å². The number of ether oxygens (including phenoxy) is 2. The Kier molecular flexibility index (Phi) is 6.60. The summed E-state index contributed by atoms with van der Waals surface area (Å²) in [7, 11) is 0. The van der Waals surface area contributed by atoms with Crippen LogP contribution in [0.1, 0.15) is 65.2 Å². The Morgan fingerprint density at radius 2 is 1.66 bits per heavy atom. The van der Waals surface area contributed by atoms with E-state index in [1.807, 2.05) is 27.7 Å². The van der Waals surface area contributed by atoms with Crippen molar-refractivity contribution in [2.75, 3.05) is 0 Å². The van der Waals surface area contributed by atoms with Gasteiger partial charge in [0, 0.05) is 5.54 Å². The van der Waals surface area contributed by atoms with Gasteiger partial charge in [0.15, 0.2) is 0 Å². The minimum absolute atomic E-state index is 0.232. The zero-order valence-corrected chi connectivity index (χ0v) is 18.3. The molecule has 1 aliphatic rings. The first kappa shape index (κ1) is 22.7. The molecule has 0 aromatic heterocycles. The van der Waals surface area contributed by atoms with E-state index in [-0.39, 0.29) is 6.04 Å². The van der Waals surface area contributed by atoms with Crippen molar-refractivity contribution in [3.63, 3.8) is 0 Å². The van der Waals surface area contributed by atoms with E-state index in [4.69, 9.17) is 9.47 Å². The molecule has 0 saturated carbocycles. The number of esters is 1. The maximum atomic E-state index is 13.0. The van der Waals surface area contributed by atoms with Crippen LogP contribution in [-0.2, 0) is 14.3 Å². The number of amides is 2. The van der Waals surface area contributed by atoms with Crippen LogP contribution in [0.2, 0.25) is 0 Å². The summed E-state index contributed by atoms with van der Waals surface area (Å²) in [5, 5.41) is 2.85. The molecule has 2 amide bonds. The van der Waals surface area contributed by atoms with Gasteiger partial charge in [-0.15, -0.1) is 0 Å². The molecular formula is C22H32N2O5. The summed E-state index contributed by atoms with van der Waals surface area (Å²) in [6.07, 6.45) is -1.02. The minimum atomic E-state index is -1.13. The maximum Gasteiger partial charge on any atom is 0.411 e. The Balaban J connectivity index is 2.25. The predicted molar refractivity (Wildman–Crippen MR) is 109 cm³/mol. The number of nitrogens with zero attached hydrogens (tertiary/aromatic N) is 1. The fraction of sp³-hybridized carbons (Fsp3) is 0.591. The quantitative estimate of drug-likeness (QED) is 0.599. The van der Waals surface area contributed by atoms with Crippen LogP contribution in [0, 0.1) is 0 Å². The number of carbonyl (C=O) groups excluding carboxylic acids is 3. The summed E-state index contributed by atoms with van der Waals surface area (Å²) in [6, 6.07) is 7.68. The van der Waals surface area contributed by atoms with Gasteiger partial charge in [0.1, 0.15) is 11.6 Å². The third kappa shape index (κ3) is 6.21. The van der Waals surface area contributed by atoms with E-state index in [9.17, 15) is 14.4 Å². The number of nitrogens with one attached hydrogen (secondary N) is 1. The largest absolute Gasteiger partial charge is 0.446 e. The summed E-state index contributed by atoms with van der Waals surface area (Å²) < 4.78 is 11.1. The van der Waals surface area contributed by atoms with Crippen molar-refractivity contribution in [2.24, 2.45) is 0 Å². The fourth-order valence-electron chi connectivity index (χ4n) is 3.13. The van der Waals surface area contributed by atoms with E-state index in [0.29, 0.717) is 12.0 Å². The van der Waals surface area contributed by atoms with E-state index >= 15 is 0 Å². The normalized spacial score (nSPS) is 19.9. The number of benzene rings is 1. The van der Waals surface area contributed by atoms with E-state index in [1.165, 1.54) is 4.90 Å². The first-order valence-electron chi connectivity index (χ1n) is 9.93. The van der Waals surface area contributed by atoms with Crippen LogP contribution in [0.5, 0.6) is 0 Å². The molecule has 1 N–H and O–H groups in total. The highest BCUT2D eigenvalue weighted by Gasteiger charge is 2.59. The lowest BCUT2D eigenvalue weighted by molar-refractivity contribution is -0.131. The molecule has 0 bridgehead atoms. The van der Waals surface area contributed by atoms with Crippen LogP contribution < -0.4 is 5.32 Å². The van der Waals surface area contributed by atoms with E-state index in [0.717, 1.165) is 0 Å². The van der Waals surface area contributed by atoms with E-state index in [2.05, 4.69) is 5.32 Å². The summed E-state index contributed by atoms with van der Waals surface area (Å²) in [5.41, 5.74) is -0.826. The van der Waals surface area contributed by atoms with Gasteiger partial charge in [0.25, 0.3) is 5.91 Å². The molecule has 29 heavy (non-hydrogen) atoms. The fourth-order valence-corrected chi connectivity index (χ4v) is 3.13. The zero-order valence-electron chi connectivity index (χ0n) is 18.3. The average molecular weight is 405 g/mol. The number of rotatable bonds is 5. The smallest absolute Gasteiger partial charge is 0.411 e. The maximum absolute atomic E-state index is 13.0. The van der Waals surface area contributed by atoms with Crippen LogP contribution >= 0.6 is 0 Å². The lowest BCUT2D eigenvalue weighted by Crippen LogP contribution is -2.50. The summed E-state index contributed by atoms with van der Waals surface area (Å²) in [4.78, 5) is 39.7. The molecule has 1 saturated heterocycles. The molecule has 1 aromatic carbocycles. The molecule has 7 heteroatoms. The van der Waals surface area contributed by atoms with Crippen LogP contribution in [-0.4, -0.2) is 52.2 Å². The standard InChI is InChI=1S/C22H32N2O5/c1-8-15-16(24(15)20(27)29-22(5,6)7)17(18(25)23-21(2,3)4)28-19(26)14-12-10-9-11-13-14/h9-13,15-17H,8H2,1-7H3,(H,23,25)/t15-,16+,17-,24?/m1/s1. The number of hydrogen-bond acceptors (Lipinski definition) is 5. The monoisotopic (exact) mass is 404 g/mol. The van der Waals surface area contributed by atoms with Gasteiger partial charge in [-0.1, -0.05) is 25.1 Å². The second-order valence-electron chi connectivity index (χ2n) is 9.28. The van der Waals surface area contributed by atoms with Gasteiger partial charge < -0.3 is 14.8 Å². The topological polar surface area (TPSA) is 84.7 Å². The Morgan fingerprint density at radius 3 is 2.14 bits per heavy atom. The summed E-state index contributed by atoms with van der Waals surface area (Å²) in [5.74, 6) is -1.04. The van der Waals surface area contributed by atoms with Crippen molar-refractivity contribution in [3.05, 3.63) is 35.9 Å². The molecule has 0 spiro atoms. The van der Waals surface area contributed by atoms with Gasteiger partial charge in [-0.05, 0) is 60.1 Å². The van der Waals surface area contributed by atoms with Crippen LogP contribution in [0.25, 0.3) is 0 Å². The average Bonchev–Trinajstić information content (AvgIpc) is 3.31. The predicted octanol–water partition coefficient (Wildman–Crippen LogP) is 3.52. The van der Waals surface area contributed by atoms with Gasteiger partial charge in [0.2, 0.25) is 6.10 Å². The van der Waals surface area contributed by atoms with Gasteiger partial charge in [-0.3, -0.25) is 9.69 Å². The Bertz CT molecular complexity index is 749. The third-order valence-electron chi connectivity index (χ3n) is 4.32. The second kappa shape index (κ2) is 8.43. The molecule has 160 valence electrons. The highest BCUT2D eigenvalue weighted by atomic mass is 16.6. The highest BCUT2D eigenvalue weighted by Crippen LogP contribution is 2.37. The van der Waals surface area contributed by atoms with Gasteiger partial charge >= 0.3 is 12.1 Å². The Labute approximate surface area is 172 Å². The first-order chi connectivity index (χ1) is 13.3. The molecule has 3 atom stereocenters. The molecule has 1 aromatic rings. The van der Waals surface area contributed by atoms with Gasteiger partial charge in [0.05, 0.1) is 11.6 Å². The SMILES string of the molecule is CC[C@@H]1[C@@H]([C@@H](OC(=O)c2ccccc2)C(=O)NC(C)(C)C)N1C(=O)OC(C)(C)C. The highest BCUT2D eigenvalue weighted by molar-refractivity contribution is 5.93. The molecule has 0 radical (unpaired) electrons. The molecule has 7 nitrogen and oxygen atoms in total. The molecule has 1 fully saturated rings. The first-order valence-corrected chi connectivity index (χ1v) is 9.93. The summed E-state index contributed by atoms with van der Waals surface area (Å²) >= 11 is 0. The molecule has 1 heterocycles. The van der Waals surface area contributed by atoms with Crippen molar-refractivity contribution in [2.45, 2.75) is 84.2 Å². The molecule has 2 rings (SSSR count). The van der Waals surface area contributed by atoms with Crippen LogP contribution in [0.3, 0.4) is 0 Å². The van der Waals surface area contributed by atoms with Crippen LogP contribution in [0.15, 0.2) is 30.3 Å². The van der Waals surface area contributed by atoms with Crippen molar-refractivity contribution >= 4 is 18.0 Å². The minimum Gasteiger partial charge on any atom is -0.446 e. The van der Waals surface area contributed by atoms with Crippen LogP contribution in [0.4, 0.5) is 4.79 Å². The second-order valence-corrected chi connectivity index (χ2v) is 9.28. The van der Waals surface area contributed by atoms with E-state index in [1.54, 1.807) is 51.1 Å². The Morgan fingerprint density at radius 1 is 1.07 bits per heavy atom. The lowest BCUT2D eigenvalue weighted by atomic mass is 10.1. The Hall–Kier alpha value is -2.57. The number of hydrogen-bond donors (Lipinski definition) is 1. The van der Waals surface area contributed by atoms with Crippen molar-refractivity contribution in [1.82, 2.24) is 10.2 Å². The van der Waals surface area contributed by atoms with Crippen molar-refractivity contribution in [1.29, 1.82) is 0 Å². The molecule has 0 aliphatic carbocycles. The molecule has 1 aliphatic heterocycles. The van der Waals surface area contributed by atoms with Gasteiger partial charge in [-0.25, -0.2) is 9.59 Å². The lowest BCUT2D eigenvalue weighted by Gasteiger charge is -2.25. The third-order valence-corrected chi connectivity index (χ3v) is 4.32. The molecular weight excluding hydrogens is 372 g/mol. The number of carbonyl (C=O) groups is 3. The zero-order chi connectivity index (χ0) is 22.0. The van der Waals surface area contributed by atoms with E-state index < -0.39 is 41.3 Å².